The zero-order valence-electron chi connectivity index (χ0n) is 21.4. The van der Waals surface area contributed by atoms with Gasteiger partial charge in [0.15, 0.2) is 5.69 Å². The predicted octanol–water partition coefficient (Wildman–Crippen LogP) is 6.43. The number of hydrogen-bond donors (Lipinski definition) is 2. The summed E-state index contributed by atoms with van der Waals surface area (Å²) in [6.45, 7) is 2.84. The van der Waals surface area contributed by atoms with E-state index in [1.807, 2.05) is 31.2 Å². The molecular formula is C30H29F3N4O2. The maximum absolute atomic E-state index is 13.6. The van der Waals surface area contributed by atoms with E-state index < -0.39 is 17.8 Å². The summed E-state index contributed by atoms with van der Waals surface area (Å²) in [4.78, 5) is 13.3. The fourth-order valence-electron chi connectivity index (χ4n) is 4.40. The molecule has 202 valence electrons. The van der Waals surface area contributed by atoms with Crippen molar-refractivity contribution in [1.29, 1.82) is 0 Å². The lowest BCUT2D eigenvalue weighted by Gasteiger charge is -2.20. The molecule has 1 amide bonds. The number of hydrogen-bond acceptors (Lipinski definition) is 4. The largest absolute Gasteiger partial charge is 0.435 e. The second-order valence-electron chi connectivity index (χ2n) is 9.85. The van der Waals surface area contributed by atoms with Gasteiger partial charge in [0.05, 0.1) is 12.3 Å². The van der Waals surface area contributed by atoms with Crippen LogP contribution in [-0.2, 0) is 17.5 Å². The molecule has 5 rings (SSSR count). The van der Waals surface area contributed by atoms with Gasteiger partial charge in [0, 0.05) is 18.3 Å². The maximum Gasteiger partial charge on any atom is 0.435 e. The first-order valence-electron chi connectivity index (χ1n) is 12.8. The molecular weight excluding hydrogens is 505 g/mol. The van der Waals surface area contributed by atoms with Crippen molar-refractivity contribution in [3.8, 4) is 5.69 Å². The quantitative estimate of drug-likeness (QED) is 0.259. The van der Waals surface area contributed by atoms with Gasteiger partial charge in [-0.05, 0) is 66.6 Å². The lowest BCUT2D eigenvalue weighted by molar-refractivity contribution is -0.141. The summed E-state index contributed by atoms with van der Waals surface area (Å²) in [5.74, 6) is -0.166. The Kier molecular flexibility index (Phi) is 7.54. The summed E-state index contributed by atoms with van der Waals surface area (Å²) in [7, 11) is 0. The van der Waals surface area contributed by atoms with Crippen LogP contribution in [0.3, 0.4) is 0 Å². The van der Waals surface area contributed by atoms with Gasteiger partial charge in [0.1, 0.15) is 11.8 Å². The minimum absolute atomic E-state index is 0.195. The van der Waals surface area contributed by atoms with E-state index in [1.165, 1.54) is 0 Å². The molecule has 1 unspecified atom stereocenters. The molecule has 0 aliphatic heterocycles. The smallest absolute Gasteiger partial charge is 0.368 e. The molecule has 1 aliphatic carbocycles. The topological polar surface area (TPSA) is 82.2 Å². The molecule has 3 aromatic carbocycles. The van der Waals surface area contributed by atoms with E-state index in [0.29, 0.717) is 29.5 Å². The molecule has 0 saturated heterocycles. The van der Waals surface area contributed by atoms with Gasteiger partial charge in [-0.15, -0.1) is 0 Å². The lowest BCUT2D eigenvalue weighted by atomic mass is 9.99. The molecule has 3 N–H and O–H groups in total. The van der Waals surface area contributed by atoms with E-state index in [9.17, 15) is 18.0 Å². The zero-order valence-corrected chi connectivity index (χ0v) is 21.4. The van der Waals surface area contributed by atoms with Crippen LogP contribution in [0.25, 0.3) is 5.69 Å². The number of aryl methyl sites for hydroxylation is 1. The molecule has 1 fully saturated rings. The Labute approximate surface area is 224 Å². The first-order valence-corrected chi connectivity index (χ1v) is 12.8. The third kappa shape index (κ3) is 6.38. The number of amides is 1. The monoisotopic (exact) mass is 534 g/mol. The van der Waals surface area contributed by atoms with Crippen molar-refractivity contribution in [1.82, 2.24) is 9.78 Å². The van der Waals surface area contributed by atoms with E-state index >= 15 is 0 Å². The number of aromatic nitrogens is 2. The van der Waals surface area contributed by atoms with Crippen molar-refractivity contribution in [2.24, 2.45) is 11.7 Å². The Morgan fingerprint density at radius 1 is 1.05 bits per heavy atom. The minimum atomic E-state index is -4.72. The third-order valence-electron chi connectivity index (χ3n) is 6.61. The van der Waals surface area contributed by atoms with E-state index in [2.05, 4.69) is 16.5 Å². The van der Waals surface area contributed by atoms with Crippen molar-refractivity contribution >= 4 is 11.6 Å². The highest BCUT2D eigenvalue weighted by Gasteiger charge is 2.36. The Bertz CT molecular complexity index is 1480. The summed E-state index contributed by atoms with van der Waals surface area (Å²) >= 11 is 0. The molecule has 6 nitrogen and oxygen atoms in total. The van der Waals surface area contributed by atoms with Crippen LogP contribution in [0, 0.1) is 12.8 Å². The number of rotatable bonds is 9. The van der Waals surface area contributed by atoms with Crippen LogP contribution in [0.5, 0.6) is 0 Å². The number of nitrogens with two attached hydrogens (primary N) is 1. The van der Waals surface area contributed by atoms with Gasteiger partial charge >= 0.3 is 6.18 Å². The molecule has 1 aromatic heterocycles. The van der Waals surface area contributed by atoms with E-state index in [1.54, 1.807) is 42.5 Å². The normalized spacial score (nSPS) is 14.3. The number of halogens is 3. The van der Waals surface area contributed by atoms with Gasteiger partial charge in [0.2, 0.25) is 0 Å². The van der Waals surface area contributed by atoms with Gasteiger partial charge < -0.3 is 15.8 Å². The Morgan fingerprint density at radius 3 is 2.46 bits per heavy atom. The van der Waals surface area contributed by atoms with Crippen LogP contribution < -0.4 is 11.1 Å². The van der Waals surface area contributed by atoms with Gasteiger partial charge in [-0.25, -0.2) is 4.68 Å². The molecule has 1 saturated carbocycles. The van der Waals surface area contributed by atoms with Crippen LogP contribution in [-0.4, -0.2) is 22.3 Å². The fourth-order valence-corrected chi connectivity index (χ4v) is 4.40. The average Bonchev–Trinajstić information content (AvgIpc) is 3.62. The lowest BCUT2D eigenvalue weighted by Crippen LogP contribution is -2.17. The highest BCUT2D eigenvalue weighted by Crippen LogP contribution is 2.35. The fraction of sp³-hybridized carbons (Fsp3) is 0.267. The average molecular weight is 535 g/mol. The minimum Gasteiger partial charge on any atom is -0.368 e. The van der Waals surface area contributed by atoms with Gasteiger partial charge in [-0.3, -0.25) is 4.79 Å². The summed E-state index contributed by atoms with van der Waals surface area (Å²) in [6.07, 6.45) is -2.76. The number of alkyl halides is 3. The maximum atomic E-state index is 13.6. The van der Waals surface area contributed by atoms with E-state index in [-0.39, 0.29) is 18.3 Å². The number of anilines is 1. The van der Waals surface area contributed by atoms with Crippen LogP contribution >= 0.6 is 0 Å². The molecule has 0 bridgehead atoms. The predicted molar refractivity (Wildman–Crippen MR) is 143 cm³/mol. The molecule has 4 aromatic rings. The Morgan fingerprint density at radius 2 is 1.77 bits per heavy atom. The Hall–Kier alpha value is -3.95. The molecule has 0 spiro atoms. The zero-order chi connectivity index (χ0) is 27.6. The number of nitrogens with one attached hydrogen (secondary N) is 1. The van der Waals surface area contributed by atoms with E-state index in [0.717, 1.165) is 40.3 Å². The third-order valence-corrected chi connectivity index (χ3v) is 6.61. The number of benzene rings is 3. The molecule has 1 atom stereocenters. The highest BCUT2D eigenvalue weighted by atomic mass is 19.4. The summed E-state index contributed by atoms with van der Waals surface area (Å²) in [6, 6.07) is 22.6. The van der Waals surface area contributed by atoms with Crippen molar-refractivity contribution in [2.45, 2.75) is 38.6 Å². The number of carbonyl (C=O) groups excluding carboxylic acids is 1. The van der Waals surface area contributed by atoms with Crippen molar-refractivity contribution < 1.29 is 22.7 Å². The Balaban J connectivity index is 1.45. The molecule has 1 aliphatic rings. The number of carbonyl (C=O) groups is 1. The SMILES string of the molecule is Cc1cccc(C(OCC2CC2)c2cccc(NC(=O)c3cc(C(F)(F)F)nn3-c3cccc(CN)c3)c2)c1. The first-order chi connectivity index (χ1) is 18.7. The van der Waals surface area contributed by atoms with Crippen LogP contribution in [0.2, 0.25) is 0 Å². The molecule has 9 heteroatoms. The van der Waals surface area contributed by atoms with Gasteiger partial charge in [-0.2, -0.15) is 18.3 Å². The van der Waals surface area contributed by atoms with Crippen molar-refractivity contribution in [3.63, 3.8) is 0 Å². The second-order valence-corrected chi connectivity index (χ2v) is 9.85. The van der Waals surface area contributed by atoms with Crippen molar-refractivity contribution in [3.05, 3.63) is 113 Å². The molecule has 0 radical (unpaired) electrons. The number of ether oxygens (including phenoxy) is 1. The molecule has 1 heterocycles. The van der Waals surface area contributed by atoms with Crippen LogP contribution in [0.4, 0.5) is 18.9 Å². The van der Waals surface area contributed by atoms with Crippen LogP contribution in [0.1, 0.15) is 57.4 Å². The standard InChI is InChI=1S/C30H29F3N4O2/c1-19-5-2-7-22(13-19)28(39-18-20-11-12-20)23-8-4-9-24(15-23)35-29(38)26-16-27(30(31,32)33)36-37(26)25-10-3-6-21(14-25)17-34/h2-10,13-16,20,28H,11-12,17-18,34H2,1H3,(H,35,38). The summed E-state index contributed by atoms with van der Waals surface area (Å²) < 4.78 is 48.0. The summed E-state index contributed by atoms with van der Waals surface area (Å²) in [5, 5.41) is 6.45. The second kappa shape index (κ2) is 11.0. The highest BCUT2D eigenvalue weighted by molar-refractivity contribution is 6.03. The van der Waals surface area contributed by atoms with Crippen molar-refractivity contribution in [2.75, 3.05) is 11.9 Å². The summed E-state index contributed by atoms with van der Waals surface area (Å²) in [5.41, 5.74) is 8.66. The van der Waals surface area contributed by atoms with Gasteiger partial charge in [0.25, 0.3) is 5.91 Å². The van der Waals surface area contributed by atoms with Crippen LogP contribution in [0.15, 0.2) is 78.9 Å². The number of nitrogens with zero attached hydrogens (tertiary/aromatic N) is 2. The first kappa shape index (κ1) is 26.6. The molecule has 39 heavy (non-hydrogen) atoms. The van der Waals surface area contributed by atoms with E-state index in [4.69, 9.17) is 10.5 Å². The van der Waals surface area contributed by atoms with Gasteiger partial charge in [-0.1, -0.05) is 54.1 Å².